The molecule has 0 spiro atoms. The van der Waals surface area contributed by atoms with Crippen LogP contribution >= 0.6 is 0 Å². The first kappa shape index (κ1) is 20.3. The number of fused-ring (bicyclic) bond motifs is 1. The highest BCUT2D eigenvalue weighted by atomic mass is 19.1. The largest absolute Gasteiger partial charge is 0.465 e. The van der Waals surface area contributed by atoms with Gasteiger partial charge in [0.1, 0.15) is 17.7 Å². The molecular formula is C21H25FN4O4. The number of amides is 3. The van der Waals surface area contributed by atoms with Gasteiger partial charge >= 0.3 is 6.09 Å². The van der Waals surface area contributed by atoms with Crippen LogP contribution in [-0.2, 0) is 16.0 Å². The Kier molecular flexibility index (Phi) is 5.72. The van der Waals surface area contributed by atoms with Crippen LogP contribution in [0.4, 0.5) is 9.18 Å². The maximum Gasteiger partial charge on any atom is 0.413 e. The fraction of sp³-hybridized carbons (Fsp3) is 0.476. The molecule has 0 saturated carbocycles. The van der Waals surface area contributed by atoms with Crippen molar-refractivity contribution in [3.8, 4) is 0 Å². The van der Waals surface area contributed by atoms with Gasteiger partial charge in [0.05, 0.1) is 0 Å². The summed E-state index contributed by atoms with van der Waals surface area (Å²) in [4.78, 5) is 42.0. The van der Waals surface area contributed by atoms with Crippen LogP contribution in [0.25, 0.3) is 0 Å². The SMILES string of the molecule is O=C1[C@H](C2CCNCC2)N2C(=O)CCN(C(=O)O)C2=CN1CCc1cccc(F)c1. The third-order valence-electron chi connectivity index (χ3n) is 6.02. The van der Waals surface area contributed by atoms with Crippen molar-refractivity contribution in [3.05, 3.63) is 47.7 Å². The van der Waals surface area contributed by atoms with Crippen LogP contribution in [-0.4, -0.2) is 69.9 Å². The van der Waals surface area contributed by atoms with Crippen molar-refractivity contribution in [2.24, 2.45) is 5.92 Å². The zero-order valence-corrected chi connectivity index (χ0v) is 16.6. The van der Waals surface area contributed by atoms with Gasteiger partial charge in [-0.1, -0.05) is 12.1 Å². The van der Waals surface area contributed by atoms with E-state index in [1.165, 1.54) is 28.1 Å². The maximum atomic E-state index is 13.5. The molecule has 30 heavy (non-hydrogen) atoms. The molecule has 2 saturated heterocycles. The number of carbonyl (C=O) groups is 3. The summed E-state index contributed by atoms with van der Waals surface area (Å²) in [6.45, 7) is 1.85. The molecule has 1 atom stereocenters. The number of carboxylic acid groups (broad SMARTS) is 1. The molecule has 0 aliphatic carbocycles. The predicted molar refractivity (Wildman–Crippen MR) is 105 cm³/mol. The zero-order chi connectivity index (χ0) is 21.3. The standard InChI is InChI=1S/C21H25FN4O4/c22-16-3-1-2-14(12-16)6-10-24-13-17-25(21(29)30)11-7-18(27)26(17)19(20(24)28)15-4-8-23-9-5-15/h1-3,12-13,15,19,23H,4-11H2,(H,29,30)/t19-/m0/s1. The molecule has 3 amide bonds. The summed E-state index contributed by atoms with van der Waals surface area (Å²) >= 11 is 0. The van der Waals surface area contributed by atoms with Crippen molar-refractivity contribution in [3.63, 3.8) is 0 Å². The number of hydrogen-bond acceptors (Lipinski definition) is 4. The Labute approximate surface area is 173 Å². The van der Waals surface area contributed by atoms with Crippen molar-refractivity contribution in [2.75, 3.05) is 26.2 Å². The lowest BCUT2D eigenvalue weighted by Gasteiger charge is -2.48. The number of nitrogens with one attached hydrogen (secondary N) is 1. The van der Waals surface area contributed by atoms with E-state index in [-0.39, 0.29) is 48.9 Å². The van der Waals surface area contributed by atoms with Gasteiger partial charge < -0.3 is 15.3 Å². The molecule has 160 valence electrons. The highest BCUT2D eigenvalue weighted by Gasteiger charge is 2.47. The van der Waals surface area contributed by atoms with Crippen LogP contribution in [0.2, 0.25) is 0 Å². The van der Waals surface area contributed by atoms with E-state index in [9.17, 15) is 23.9 Å². The van der Waals surface area contributed by atoms with Gasteiger partial charge in [-0.2, -0.15) is 0 Å². The lowest BCUT2D eigenvalue weighted by atomic mass is 9.86. The average molecular weight is 416 g/mol. The smallest absolute Gasteiger partial charge is 0.413 e. The van der Waals surface area contributed by atoms with Crippen molar-refractivity contribution in [2.45, 2.75) is 31.7 Å². The average Bonchev–Trinajstić information content (AvgIpc) is 2.73. The minimum Gasteiger partial charge on any atom is -0.465 e. The fourth-order valence-electron chi connectivity index (χ4n) is 4.50. The molecule has 4 rings (SSSR count). The van der Waals surface area contributed by atoms with Crippen LogP contribution in [0.5, 0.6) is 0 Å². The van der Waals surface area contributed by atoms with E-state index in [0.29, 0.717) is 6.42 Å². The van der Waals surface area contributed by atoms with E-state index in [4.69, 9.17) is 0 Å². The third kappa shape index (κ3) is 3.89. The molecule has 3 aliphatic rings. The summed E-state index contributed by atoms with van der Waals surface area (Å²) in [6.07, 6.45) is 2.26. The Morgan fingerprint density at radius 2 is 2.00 bits per heavy atom. The second-order valence-electron chi connectivity index (χ2n) is 7.88. The van der Waals surface area contributed by atoms with Gasteiger partial charge in [0.15, 0.2) is 0 Å². The molecule has 1 aromatic rings. The van der Waals surface area contributed by atoms with E-state index < -0.39 is 12.1 Å². The van der Waals surface area contributed by atoms with Gasteiger partial charge in [-0.3, -0.25) is 19.4 Å². The molecule has 8 nitrogen and oxygen atoms in total. The Balaban J connectivity index is 1.65. The van der Waals surface area contributed by atoms with Crippen molar-refractivity contribution in [1.29, 1.82) is 0 Å². The van der Waals surface area contributed by atoms with Crippen LogP contribution in [0.1, 0.15) is 24.8 Å². The zero-order valence-electron chi connectivity index (χ0n) is 16.6. The number of rotatable bonds is 4. The predicted octanol–water partition coefficient (Wildman–Crippen LogP) is 1.59. The summed E-state index contributed by atoms with van der Waals surface area (Å²) in [7, 11) is 0. The van der Waals surface area contributed by atoms with E-state index >= 15 is 0 Å². The summed E-state index contributed by atoms with van der Waals surface area (Å²) in [5.74, 6) is -0.578. The second kappa shape index (κ2) is 8.43. The Bertz CT molecular complexity index is 884. The lowest BCUT2D eigenvalue weighted by molar-refractivity contribution is -0.151. The van der Waals surface area contributed by atoms with Gasteiger partial charge in [-0.25, -0.2) is 9.18 Å². The molecule has 0 unspecified atom stereocenters. The number of benzene rings is 1. The Morgan fingerprint density at radius 1 is 1.23 bits per heavy atom. The molecule has 2 N–H and O–H groups in total. The first-order valence-electron chi connectivity index (χ1n) is 10.3. The third-order valence-corrected chi connectivity index (χ3v) is 6.02. The molecule has 9 heteroatoms. The molecule has 0 radical (unpaired) electrons. The highest BCUT2D eigenvalue weighted by molar-refractivity contribution is 5.93. The first-order chi connectivity index (χ1) is 14.5. The van der Waals surface area contributed by atoms with E-state index in [2.05, 4.69) is 5.32 Å². The maximum absolute atomic E-state index is 13.5. The number of piperidine rings is 1. The normalized spacial score (nSPS) is 22.8. The van der Waals surface area contributed by atoms with Gasteiger partial charge in [0.25, 0.3) is 0 Å². The quantitative estimate of drug-likeness (QED) is 0.778. The minimum atomic E-state index is -1.15. The van der Waals surface area contributed by atoms with E-state index in [1.807, 2.05) is 0 Å². The monoisotopic (exact) mass is 416 g/mol. The molecule has 0 aromatic heterocycles. The van der Waals surface area contributed by atoms with Crippen molar-refractivity contribution < 1.29 is 23.9 Å². The summed E-state index contributed by atoms with van der Waals surface area (Å²) in [6, 6.07) is 5.48. The van der Waals surface area contributed by atoms with Crippen molar-refractivity contribution in [1.82, 2.24) is 20.0 Å². The van der Waals surface area contributed by atoms with Crippen LogP contribution in [0.3, 0.4) is 0 Å². The number of carbonyl (C=O) groups excluding carboxylic acids is 2. The molecule has 0 bridgehead atoms. The van der Waals surface area contributed by atoms with Crippen LogP contribution in [0, 0.1) is 11.7 Å². The van der Waals surface area contributed by atoms with Gasteiger partial charge in [0.2, 0.25) is 11.8 Å². The molecular weight excluding hydrogens is 391 g/mol. The summed E-state index contributed by atoms with van der Waals surface area (Å²) < 4.78 is 13.5. The van der Waals surface area contributed by atoms with E-state index in [0.717, 1.165) is 36.4 Å². The Morgan fingerprint density at radius 3 is 2.70 bits per heavy atom. The number of hydrogen-bond donors (Lipinski definition) is 2. The number of nitrogens with zero attached hydrogens (tertiary/aromatic N) is 3. The molecule has 2 fully saturated rings. The lowest BCUT2D eigenvalue weighted by Crippen LogP contribution is -2.62. The van der Waals surface area contributed by atoms with Crippen molar-refractivity contribution >= 4 is 17.9 Å². The molecule has 1 aromatic carbocycles. The fourth-order valence-corrected chi connectivity index (χ4v) is 4.50. The summed E-state index contributed by atoms with van der Waals surface area (Å²) in [5.41, 5.74) is 0.747. The minimum absolute atomic E-state index is 0.0446. The molecule has 3 heterocycles. The second-order valence-corrected chi connectivity index (χ2v) is 7.88. The van der Waals surface area contributed by atoms with Gasteiger partial charge in [0, 0.05) is 25.7 Å². The van der Waals surface area contributed by atoms with Gasteiger partial charge in [-0.15, -0.1) is 0 Å². The molecule has 3 aliphatic heterocycles. The Hall–Kier alpha value is -2.94. The van der Waals surface area contributed by atoms with Gasteiger partial charge in [-0.05, 0) is 56.0 Å². The number of halogens is 1. The topological polar surface area (TPSA) is 93.2 Å². The van der Waals surface area contributed by atoms with Crippen LogP contribution < -0.4 is 5.32 Å². The van der Waals surface area contributed by atoms with E-state index in [1.54, 1.807) is 12.1 Å². The summed E-state index contributed by atoms with van der Waals surface area (Å²) in [5, 5.41) is 12.9. The first-order valence-corrected chi connectivity index (χ1v) is 10.3. The highest BCUT2D eigenvalue weighted by Crippen LogP contribution is 2.34. The van der Waals surface area contributed by atoms with Crippen LogP contribution in [0.15, 0.2) is 36.3 Å².